The van der Waals surface area contributed by atoms with Crippen LogP contribution in [0, 0.1) is 0 Å². The molecule has 2 rings (SSSR count). The highest BCUT2D eigenvalue weighted by Gasteiger charge is 2.22. The predicted octanol–water partition coefficient (Wildman–Crippen LogP) is 2.37. The summed E-state index contributed by atoms with van der Waals surface area (Å²) in [7, 11) is 2.19. The Labute approximate surface area is 121 Å². The Balaban J connectivity index is 2.31. The van der Waals surface area contributed by atoms with Gasteiger partial charge in [-0.25, -0.2) is 0 Å². The van der Waals surface area contributed by atoms with Crippen molar-refractivity contribution in [2.75, 3.05) is 38.1 Å². The van der Waals surface area contributed by atoms with Gasteiger partial charge in [-0.2, -0.15) is 0 Å². The molecule has 1 aliphatic heterocycles. The van der Waals surface area contributed by atoms with Gasteiger partial charge in [0, 0.05) is 29.8 Å². The van der Waals surface area contributed by atoms with Crippen molar-refractivity contribution in [3.63, 3.8) is 0 Å². The first-order chi connectivity index (χ1) is 9.13. The van der Waals surface area contributed by atoms with E-state index in [0.29, 0.717) is 12.6 Å². The Morgan fingerprint density at radius 1 is 1.37 bits per heavy atom. The third-order valence-electron chi connectivity index (χ3n) is 3.84. The monoisotopic (exact) mass is 281 g/mol. The van der Waals surface area contributed by atoms with Crippen LogP contribution in [-0.4, -0.2) is 44.2 Å². The maximum absolute atomic E-state index is 6.35. The smallest absolute Gasteiger partial charge is 0.0459 e. The summed E-state index contributed by atoms with van der Waals surface area (Å²) in [5.41, 5.74) is 8.19. The summed E-state index contributed by atoms with van der Waals surface area (Å²) >= 11 is 6.35. The summed E-state index contributed by atoms with van der Waals surface area (Å²) in [6, 6.07) is 6.69. The summed E-state index contributed by atoms with van der Waals surface area (Å²) in [4.78, 5) is 4.89. The van der Waals surface area contributed by atoms with Crippen LogP contribution in [0.15, 0.2) is 18.2 Å². The number of anilines is 1. The van der Waals surface area contributed by atoms with E-state index in [1.54, 1.807) is 0 Å². The first kappa shape index (κ1) is 14.6. The van der Waals surface area contributed by atoms with Gasteiger partial charge in [-0.1, -0.05) is 17.7 Å². The minimum absolute atomic E-state index is 0.502. The summed E-state index contributed by atoms with van der Waals surface area (Å²) in [5.74, 6) is 0. The topological polar surface area (TPSA) is 32.5 Å². The van der Waals surface area contributed by atoms with Gasteiger partial charge in [0.25, 0.3) is 0 Å². The standard InChI is InChI=1S/C15H24ClN3/c1-12-11-18(2)9-4-10-19(12)15-6-3-5-14(16)13(15)7-8-17/h3,5-6,12H,4,7-11,17H2,1-2H3. The number of hydrogen-bond donors (Lipinski definition) is 1. The predicted molar refractivity (Wildman–Crippen MR) is 83.1 cm³/mol. The molecule has 0 bridgehead atoms. The molecule has 0 amide bonds. The highest BCUT2D eigenvalue weighted by atomic mass is 35.5. The van der Waals surface area contributed by atoms with Crippen molar-refractivity contribution in [1.29, 1.82) is 0 Å². The fourth-order valence-corrected chi connectivity index (χ4v) is 3.20. The summed E-state index contributed by atoms with van der Waals surface area (Å²) in [6.45, 7) is 6.26. The van der Waals surface area contributed by atoms with Gasteiger partial charge in [-0.15, -0.1) is 0 Å². The summed E-state index contributed by atoms with van der Waals surface area (Å²) < 4.78 is 0. The molecule has 1 saturated heterocycles. The Hall–Kier alpha value is -0.770. The van der Waals surface area contributed by atoms with Crippen LogP contribution in [0.2, 0.25) is 5.02 Å². The zero-order valence-corrected chi connectivity index (χ0v) is 12.7. The first-order valence-corrected chi connectivity index (χ1v) is 7.44. The Morgan fingerprint density at radius 3 is 2.89 bits per heavy atom. The van der Waals surface area contributed by atoms with E-state index in [0.717, 1.165) is 31.1 Å². The number of nitrogens with two attached hydrogens (primary N) is 1. The van der Waals surface area contributed by atoms with E-state index in [9.17, 15) is 0 Å². The maximum Gasteiger partial charge on any atom is 0.0459 e. The van der Waals surface area contributed by atoms with Crippen LogP contribution in [0.25, 0.3) is 0 Å². The van der Waals surface area contributed by atoms with Gasteiger partial charge in [-0.3, -0.25) is 0 Å². The number of halogens is 1. The van der Waals surface area contributed by atoms with E-state index < -0.39 is 0 Å². The largest absolute Gasteiger partial charge is 0.367 e. The normalized spacial score (nSPS) is 21.5. The summed E-state index contributed by atoms with van der Waals surface area (Å²) in [5, 5.41) is 0.841. The lowest BCUT2D eigenvalue weighted by Crippen LogP contribution is -2.38. The van der Waals surface area contributed by atoms with Gasteiger partial charge in [0.15, 0.2) is 0 Å². The average Bonchev–Trinajstić information content (AvgIpc) is 2.53. The summed E-state index contributed by atoms with van der Waals surface area (Å²) in [6.07, 6.45) is 2.03. The van der Waals surface area contributed by atoms with Crippen LogP contribution in [0.4, 0.5) is 5.69 Å². The zero-order chi connectivity index (χ0) is 13.8. The third-order valence-corrected chi connectivity index (χ3v) is 4.20. The molecule has 1 heterocycles. The second kappa shape index (κ2) is 6.60. The van der Waals surface area contributed by atoms with Crippen LogP contribution >= 0.6 is 11.6 Å². The minimum Gasteiger partial charge on any atom is -0.367 e. The van der Waals surface area contributed by atoms with E-state index in [2.05, 4.69) is 29.8 Å². The van der Waals surface area contributed by atoms with Crippen molar-refractivity contribution < 1.29 is 0 Å². The molecule has 0 radical (unpaired) electrons. The van der Waals surface area contributed by atoms with Crippen molar-refractivity contribution in [3.05, 3.63) is 28.8 Å². The fourth-order valence-electron chi connectivity index (χ4n) is 2.94. The van der Waals surface area contributed by atoms with Crippen molar-refractivity contribution in [1.82, 2.24) is 4.90 Å². The van der Waals surface area contributed by atoms with E-state index in [4.69, 9.17) is 17.3 Å². The van der Waals surface area contributed by atoms with E-state index >= 15 is 0 Å². The van der Waals surface area contributed by atoms with Crippen molar-refractivity contribution in [3.8, 4) is 0 Å². The van der Waals surface area contributed by atoms with Gasteiger partial charge in [0.2, 0.25) is 0 Å². The van der Waals surface area contributed by atoms with Crippen LogP contribution in [0.3, 0.4) is 0 Å². The van der Waals surface area contributed by atoms with Gasteiger partial charge >= 0.3 is 0 Å². The zero-order valence-electron chi connectivity index (χ0n) is 11.9. The molecule has 2 N–H and O–H groups in total. The second-order valence-electron chi connectivity index (χ2n) is 5.43. The number of hydrogen-bond acceptors (Lipinski definition) is 3. The lowest BCUT2D eigenvalue weighted by molar-refractivity contribution is 0.337. The quantitative estimate of drug-likeness (QED) is 0.923. The maximum atomic E-state index is 6.35. The average molecular weight is 282 g/mol. The molecule has 0 saturated carbocycles. The molecule has 0 spiro atoms. The highest BCUT2D eigenvalue weighted by molar-refractivity contribution is 6.31. The van der Waals surface area contributed by atoms with Crippen molar-refractivity contribution in [2.24, 2.45) is 5.73 Å². The van der Waals surface area contributed by atoms with E-state index in [1.807, 2.05) is 12.1 Å². The molecular weight excluding hydrogens is 258 g/mol. The molecule has 1 atom stereocenters. The molecule has 1 fully saturated rings. The van der Waals surface area contributed by atoms with Crippen LogP contribution in [-0.2, 0) is 6.42 Å². The molecule has 3 nitrogen and oxygen atoms in total. The fraction of sp³-hybridized carbons (Fsp3) is 0.600. The molecule has 0 aliphatic carbocycles. The molecular formula is C15H24ClN3. The van der Waals surface area contributed by atoms with E-state index in [-0.39, 0.29) is 0 Å². The molecule has 106 valence electrons. The number of likely N-dealkylation sites (N-methyl/N-ethyl adjacent to an activating group) is 1. The highest BCUT2D eigenvalue weighted by Crippen LogP contribution is 2.30. The number of nitrogens with zero attached hydrogens (tertiary/aromatic N) is 2. The van der Waals surface area contributed by atoms with Crippen LogP contribution < -0.4 is 10.6 Å². The SMILES string of the molecule is CC1CN(C)CCCN1c1cccc(Cl)c1CCN. The van der Waals surface area contributed by atoms with Crippen LogP contribution in [0.1, 0.15) is 18.9 Å². The molecule has 19 heavy (non-hydrogen) atoms. The number of rotatable bonds is 3. The Bertz CT molecular complexity index is 422. The Morgan fingerprint density at radius 2 is 2.16 bits per heavy atom. The van der Waals surface area contributed by atoms with Gasteiger partial charge < -0.3 is 15.5 Å². The lowest BCUT2D eigenvalue weighted by atomic mass is 10.1. The number of benzene rings is 1. The molecule has 1 unspecified atom stereocenters. The molecule has 4 heteroatoms. The Kier molecular flexibility index (Phi) is 5.08. The molecule has 1 aromatic carbocycles. The first-order valence-electron chi connectivity index (χ1n) is 7.06. The van der Waals surface area contributed by atoms with Gasteiger partial charge in [-0.05, 0) is 57.6 Å². The molecule has 1 aliphatic rings. The van der Waals surface area contributed by atoms with Crippen LogP contribution in [0.5, 0.6) is 0 Å². The van der Waals surface area contributed by atoms with Gasteiger partial charge in [0.1, 0.15) is 0 Å². The van der Waals surface area contributed by atoms with Gasteiger partial charge in [0.05, 0.1) is 0 Å². The minimum atomic E-state index is 0.502. The molecule has 0 aromatic heterocycles. The van der Waals surface area contributed by atoms with Crippen molar-refractivity contribution >= 4 is 17.3 Å². The third kappa shape index (κ3) is 3.41. The van der Waals surface area contributed by atoms with E-state index in [1.165, 1.54) is 17.7 Å². The molecule has 1 aromatic rings. The second-order valence-corrected chi connectivity index (χ2v) is 5.84. The lowest BCUT2D eigenvalue weighted by Gasteiger charge is -2.32. The van der Waals surface area contributed by atoms with Crippen molar-refractivity contribution in [2.45, 2.75) is 25.8 Å².